The van der Waals surface area contributed by atoms with Crippen LogP contribution in [0, 0.1) is 20.2 Å². The van der Waals surface area contributed by atoms with Crippen molar-refractivity contribution in [2.45, 2.75) is 30.8 Å². The molecule has 11 heteroatoms. The largest absolute Gasteiger partial charge is 0.282 e. The molecular weight excluding hydrogens is 541 g/mol. The molecule has 4 unspecified atom stereocenters. The summed E-state index contributed by atoms with van der Waals surface area (Å²) in [6, 6.07) is 21.9. The van der Waals surface area contributed by atoms with Crippen molar-refractivity contribution in [3.05, 3.63) is 114 Å². The van der Waals surface area contributed by atoms with Gasteiger partial charge in [0, 0.05) is 32.4 Å². The number of nitrogens with zero attached hydrogens (tertiary/aromatic N) is 2. The van der Waals surface area contributed by atoms with Crippen LogP contribution in [0.4, 0.5) is 11.4 Å². The summed E-state index contributed by atoms with van der Waals surface area (Å²) in [4.78, 5) is 26.5. The fraction of sp³-hybridized carbons (Fsp3) is 0.167. The van der Waals surface area contributed by atoms with E-state index in [9.17, 15) is 20.2 Å². The quantitative estimate of drug-likeness (QED) is 0.158. The maximum absolute atomic E-state index is 11.8. The molecule has 5 rings (SSSR count). The normalized spacial score (nSPS) is 21.7. The molecule has 4 atom stereocenters. The summed E-state index contributed by atoms with van der Waals surface area (Å²) in [7, 11) is 0. The number of para-hydroxylation sites is 2. The molecule has 0 N–H and O–H groups in total. The lowest BCUT2D eigenvalue weighted by atomic mass is 10.1. The molecule has 3 heterocycles. The fourth-order valence-corrected chi connectivity index (χ4v) is 11.5. The van der Waals surface area contributed by atoms with Gasteiger partial charge >= 0.3 is 0 Å². The molecule has 1 fully saturated rings. The first-order valence-corrected chi connectivity index (χ1v) is 15.0. The summed E-state index contributed by atoms with van der Waals surface area (Å²) in [5.41, 5.74) is 0.169. The zero-order valence-corrected chi connectivity index (χ0v) is 22.0. The molecule has 178 valence electrons. The Labute approximate surface area is 222 Å². The molecule has 0 aliphatic carbocycles. The van der Waals surface area contributed by atoms with Crippen LogP contribution in [0.25, 0.3) is 0 Å². The van der Waals surface area contributed by atoms with Gasteiger partial charge in [-0.3, -0.25) is 20.2 Å². The third-order valence-electron chi connectivity index (χ3n) is 5.51. The number of thioether (sulfide) groups is 3. The highest BCUT2D eigenvalue weighted by atomic mass is 32.2. The van der Waals surface area contributed by atoms with Crippen LogP contribution in [0.1, 0.15) is 20.3 Å². The van der Waals surface area contributed by atoms with Crippen LogP contribution < -0.4 is 0 Å². The molecule has 0 spiro atoms. The third-order valence-corrected chi connectivity index (χ3v) is 12.8. The SMILES string of the molecule is O=[N+]([O-])c1ccccc1SC1C(c2cccs2)SC(c2cccs2)C1Sc1ccccc1[N+](=O)[O-]. The molecule has 6 nitrogen and oxygen atoms in total. The number of benzene rings is 2. The summed E-state index contributed by atoms with van der Waals surface area (Å²) in [6.45, 7) is 0. The summed E-state index contributed by atoms with van der Waals surface area (Å²) < 4.78 is 0. The Morgan fingerprint density at radius 3 is 1.43 bits per heavy atom. The van der Waals surface area contributed by atoms with Gasteiger partial charge in [-0.1, -0.05) is 36.4 Å². The van der Waals surface area contributed by atoms with Gasteiger partial charge in [-0.2, -0.15) is 0 Å². The van der Waals surface area contributed by atoms with Crippen molar-refractivity contribution in [2.24, 2.45) is 0 Å². The highest BCUT2D eigenvalue weighted by Gasteiger charge is 2.48. The number of rotatable bonds is 8. The van der Waals surface area contributed by atoms with E-state index in [0.717, 1.165) is 0 Å². The van der Waals surface area contributed by atoms with Crippen molar-refractivity contribution in [3.63, 3.8) is 0 Å². The Bertz CT molecular complexity index is 1230. The maximum atomic E-state index is 11.8. The average Bonchev–Trinajstić information content (AvgIpc) is 3.62. The summed E-state index contributed by atoms with van der Waals surface area (Å²) in [5, 5.41) is 27.7. The summed E-state index contributed by atoms with van der Waals surface area (Å²) in [5.74, 6) is 0. The molecule has 1 aliphatic rings. The highest BCUT2D eigenvalue weighted by Crippen LogP contribution is 2.64. The topological polar surface area (TPSA) is 86.3 Å². The minimum atomic E-state index is -0.342. The van der Waals surface area contributed by atoms with Gasteiger partial charge in [0.2, 0.25) is 0 Å². The van der Waals surface area contributed by atoms with Crippen LogP contribution in [0.15, 0.2) is 93.3 Å². The Balaban J connectivity index is 1.60. The van der Waals surface area contributed by atoms with Gasteiger partial charge in [-0.25, -0.2) is 0 Å². The minimum absolute atomic E-state index is 0.0448. The second-order valence-electron chi connectivity index (χ2n) is 7.62. The van der Waals surface area contributed by atoms with Crippen molar-refractivity contribution >= 4 is 69.3 Å². The average molecular weight is 559 g/mol. The number of nitro benzene ring substituents is 2. The Morgan fingerprint density at radius 1 is 0.629 bits per heavy atom. The second kappa shape index (κ2) is 10.8. The molecule has 35 heavy (non-hydrogen) atoms. The standard InChI is InChI=1S/C24H18N2O4S5/c27-25(28)15-7-1-3-9-17(15)33-23-21(19-11-5-13-31-19)35-22(20-12-6-14-32-20)24(23)34-18-10-4-2-8-16(18)26(29)30/h1-14,21-24H. The number of thiophene rings is 2. The molecule has 1 saturated heterocycles. The van der Waals surface area contributed by atoms with Crippen LogP contribution in [0.2, 0.25) is 0 Å². The molecule has 0 saturated carbocycles. The van der Waals surface area contributed by atoms with Gasteiger partial charge in [0.1, 0.15) is 0 Å². The number of nitro groups is 2. The number of hydrogen-bond acceptors (Lipinski definition) is 9. The van der Waals surface area contributed by atoms with Gasteiger partial charge in [-0.15, -0.1) is 58.0 Å². The van der Waals surface area contributed by atoms with Crippen LogP contribution in [-0.2, 0) is 0 Å². The molecular formula is C24H18N2O4S5. The van der Waals surface area contributed by atoms with E-state index in [2.05, 4.69) is 12.1 Å². The lowest BCUT2D eigenvalue weighted by Crippen LogP contribution is -2.21. The first-order chi connectivity index (χ1) is 17.0. The molecule has 4 aromatic rings. The predicted molar refractivity (Wildman–Crippen MR) is 147 cm³/mol. The lowest BCUT2D eigenvalue weighted by Gasteiger charge is -2.24. The van der Waals surface area contributed by atoms with E-state index in [0.29, 0.717) is 9.79 Å². The molecule has 0 radical (unpaired) electrons. The predicted octanol–water partition coefficient (Wildman–Crippen LogP) is 8.48. The molecule has 2 aromatic heterocycles. The first kappa shape index (κ1) is 24.4. The Kier molecular flexibility index (Phi) is 7.49. The molecule has 2 aromatic carbocycles. The zero-order valence-electron chi connectivity index (χ0n) is 18.0. The van der Waals surface area contributed by atoms with E-state index < -0.39 is 0 Å². The van der Waals surface area contributed by atoms with E-state index in [-0.39, 0.29) is 42.2 Å². The monoisotopic (exact) mass is 558 g/mol. The zero-order chi connectivity index (χ0) is 24.4. The van der Waals surface area contributed by atoms with E-state index in [4.69, 9.17) is 0 Å². The van der Waals surface area contributed by atoms with Crippen LogP contribution in [-0.4, -0.2) is 20.3 Å². The van der Waals surface area contributed by atoms with Crippen molar-refractivity contribution in [2.75, 3.05) is 0 Å². The fourth-order valence-electron chi connectivity index (χ4n) is 3.99. The third kappa shape index (κ3) is 5.14. The van der Waals surface area contributed by atoms with E-state index in [1.54, 1.807) is 46.9 Å². The van der Waals surface area contributed by atoms with E-state index in [1.807, 2.05) is 46.8 Å². The van der Waals surface area contributed by atoms with Gasteiger partial charge in [-0.05, 0) is 35.0 Å². The lowest BCUT2D eigenvalue weighted by molar-refractivity contribution is -0.387. The number of hydrogen-bond donors (Lipinski definition) is 0. The van der Waals surface area contributed by atoms with Crippen molar-refractivity contribution in [1.29, 1.82) is 0 Å². The van der Waals surface area contributed by atoms with E-state index >= 15 is 0 Å². The molecule has 1 aliphatic heterocycles. The minimum Gasteiger partial charge on any atom is -0.258 e. The van der Waals surface area contributed by atoms with Gasteiger partial charge in [0.05, 0.1) is 30.1 Å². The summed E-state index contributed by atoms with van der Waals surface area (Å²) >= 11 is 8.23. The highest BCUT2D eigenvalue weighted by molar-refractivity contribution is 8.08. The van der Waals surface area contributed by atoms with Gasteiger partial charge in [0.25, 0.3) is 11.4 Å². The molecule has 0 bridgehead atoms. The van der Waals surface area contributed by atoms with Gasteiger partial charge < -0.3 is 0 Å². The van der Waals surface area contributed by atoms with Crippen molar-refractivity contribution < 1.29 is 9.85 Å². The van der Waals surface area contributed by atoms with Crippen LogP contribution in [0.3, 0.4) is 0 Å². The summed E-state index contributed by atoms with van der Waals surface area (Å²) in [6.07, 6.45) is 0. The Hall–Kier alpha value is -2.31. The maximum Gasteiger partial charge on any atom is 0.282 e. The second-order valence-corrected chi connectivity index (χ2v) is 13.3. The first-order valence-electron chi connectivity index (χ1n) is 10.6. The van der Waals surface area contributed by atoms with Crippen LogP contribution >= 0.6 is 58.0 Å². The molecule has 0 amide bonds. The van der Waals surface area contributed by atoms with Crippen molar-refractivity contribution in [3.8, 4) is 0 Å². The Morgan fingerprint density at radius 2 is 1.06 bits per heavy atom. The van der Waals surface area contributed by atoms with Gasteiger partial charge in [0.15, 0.2) is 0 Å². The smallest absolute Gasteiger partial charge is 0.258 e. The van der Waals surface area contributed by atoms with Crippen LogP contribution in [0.5, 0.6) is 0 Å². The van der Waals surface area contributed by atoms with Crippen molar-refractivity contribution in [1.82, 2.24) is 0 Å². The van der Waals surface area contributed by atoms with E-state index in [1.165, 1.54) is 45.4 Å².